The maximum absolute atomic E-state index is 15.0. The van der Waals surface area contributed by atoms with E-state index in [1.165, 1.54) is 24.3 Å². The molecule has 2 heterocycles. The molecule has 2 aromatic rings. The average molecular weight is 503 g/mol. The van der Waals surface area contributed by atoms with Crippen LogP contribution in [0.2, 0.25) is 0 Å². The van der Waals surface area contributed by atoms with E-state index < -0.39 is 17.3 Å². The van der Waals surface area contributed by atoms with E-state index in [0.717, 1.165) is 45.2 Å². The van der Waals surface area contributed by atoms with Gasteiger partial charge in [0.2, 0.25) is 0 Å². The van der Waals surface area contributed by atoms with Gasteiger partial charge >= 0.3 is 0 Å². The predicted octanol–water partition coefficient (Wildman–Crippen LogP) is 6.49. The zero-order valence-electron chi connectivity index (χ0n) is 21.5. The Hall–Kier alpha value is -2.54. The minimum atomic E-state index is -1.20. The fourth-order valence-corrected chi connectivity index (χ4v) is 5.42. The number of piperidine rings is 1. The molecule has 1 amide bonds. The smallest absolute Gasteiger partial charge is 0.254 e. The quantitative estimate of drug-likeness (QED) is 0.414. The topological polar surface area (TPSA) is 32.8 Å². The number of nitrogens with zero attached hydrogens (tertiary/aromatic N) is 2. The monoisotopic (exact) mass is 502 g/mol. The van der Waals surface area contributed by atoms with Crippen molar-refractivity contribution in [2.75, 3.05) is 32.8 Å². The molecule has 0 N–H and O–H groups in total. The lowest BCUT2D eigenvalue weighted by atomic mass is 9.96. The molecule has 2 fully saturated rings. The van der Waals surface area contributed by atoms with Gasteiger partial charge in [-0.05, 0) is 89.2 Å². The van der Waals surface area contributed by atoms with Gasteiger partial charge in [-0.1, -0.05) is 13.0 Å². The van der Waals surface area contributed by atoms with Crippen molar-refractivity contribution in [1.29, 1.82) is 0 Å². The van der Waals surface area contributed by atoms with Gasteiger partial charge in [0.1, 0.15) is 23.1 Å². The summed E-state index contributed by atoms with van der Waals surface area (Å²) in [4.78, 5) is 16.8. The first kappa shape index (κ1) is 26.5. The molecule has 2 saturated heterocycles. The molecule has 0 aromatic heterocycles. The summed E-state index contributed by atoms with van der Waals surface area (Å²) >= 11 is 0. The van der Waals surface area contributed by atoms with Gasteiger partial charge in [-0.25, -0.2) is 13.2 Å². The first-order valence-corrected chi connectivity index (χ1v) is 13.1. The number of halogens is 3. The molecule has 4 nitrogen and oxygen atoms in total. The number of amides is 1. The number of rotatable bonds is 8. The SMILES string of the molecule is CCC1CCCN1C(=O)c1ccc(-c2ccc(OCC3CCN(CC(C)(C)F)CC3)cc2F)c(F)c1. The summed E-state index contributed by atoms with van der Waals surface area (Å²) in [5.41, 5.74) is -0.664. The zero-order chi connectivity index (χ0) is 25.9. The van der Waals surface area contributed by atoms with Crippen molar-refractivity contribution in [2.24, 2.45) is 5.92 Å². The molecular weight excluding hydrogens is 465 g/mol. The number of likely N-dealkylation sites (tertiary alicyclic amines) is 2. The number of carbonyl (C=O) groups excluding carboxylic acids is 1. The lowest BCUT2D eigenvalue weighted by molar-refractivity contribution is 0.0733. The van der Waals surface area contributed by atoms with Crippen LogP contribution in [0, 0.1) is 17.6 Å². The molecule has 0 saturated carbocycles. The molecule has 0 aliphatic carbocycles. The Morgan fingerprint density at radius 3 is 2.28 bits per heavy atom. The standard InChI is InChI=1S/C29H37F3N2O2/c1-4-22-6-5-13-34(22)28(35)21-7-9-24(26(30)16-21)25-10-8-23(17-27(25)31)36-18-20-11-14-33(15-12-20)19-29(2,3)32/h7-10,16-17,20,22H,4-6,11-15,18-19H2,1-3H3. The molecule has 2 aliphatic rings. The third-order valence-corrected chi connectivity index (χ3v) is 7.35. The van der Waals surface area contributed by atoms with Crippen molar-refractivity contribution in [3.63, 3.8) is 0 Å². The second-order valence-electron chi connectivity index (χ2n) is 10.8. The van der Waals surface area contributed by atoms with Crippen molar-refractivity contribution in [3.8, 4) is 16.9 Å². The number of hydrogen-bond acceptors (Lipinski definition) is 3. The van der Waals surface area contributed by atoms with Gasteiger partial charge in [-0.3, -0.25) is 4.79 Å². The highest BCUT2D eigenvalue weighted by molar-refractivity contribution is 5.95. The maximum Gasteiger partial charge on any atom is 0.254 e. The van der Waals surface area contributed by atoms with Gasteiger partial charge in [0.05, 0.1) is 6.61 Å². The highest BCUT2D eigenvalue weighted by atomic mass is 19.1. The van der Waals surface area contributed by atoms with Gasteiger partial charge in [-0.15, -0.1) is 0 Å². The number of ether oxygens (including phenoxy) is 1. The predicted molar refractivity (Wildman–Crippen MR) is 136 cm³/mol. The summed E-state index contributed by atoms with van der Waals surface area (Å²) < 4.78 is 49.6. The number of hydrogen-bond donors (Lipinski definition) is 0. The van der Waals surface area contributed by atoms with Crippen LogP contribution in [0.15, 0.2) is 36.4 Å². The van der Waals surface area contributed by atoms with Crippen LogP contribution in [-0.2, 0) is 0 Å². The Kier molecular flexibility index (Phi) is 8.28. The third kappa shape index (κ3) is 6.41. The maximum atomic E-state index is 15.0. The third-order valence-electron chi connectivity index (χ3n) is 7.35. The summed E-state index contributed by atoms with van der Waals surface area (Å²) in [6.07, 6.45) is 4.62. The molecule has 0 bridgehead atoms. The van der Waals surface area contributed by atoms with Crippen LogP contribution in [0.5, 0.6) is 5.75 Å². The van der Waals surface area contributed by atoms with Crippen LogP contribution in [0.4, 0.5) is 13.2 Å². The normalized spacial score (nSPS) is 19.6. The minimum Gasteiger partial charge on any atom is -0.493 e. The van der Waals surface area contributed by atoms with Crippen LogP contribution >= 0.6 is 0 Å². The highest BCUT2D eigenvalue weighted by Crippen LogP contribution is 2.31. The van der Waals surface area contributed by atoms with Crippen LogP contribution in [0.25, 0.3) is 11.1 Å². The summed E-state index contributed by atoms with van der Waals surface area (Å²) in [5, 5.41) is 0. The van der Waals surface area contributed by atoms with Crippen LogP contribution in [0.3, 0.4) is 0 Å². The molecule has 2 aliphatic heterocycles. The fraction of sp³-hybridized carbons (Fsp3) is 0.552. The van der Waals surface area contributed by atoms with Crippen molar-refractivity contribution in [3.05, 3.63) is 53.6 Å². The molecule has 1 atom stereocenters. The summed E-state index contributed by atoms with van der Waals surface area (Å²) in [5.74, 6) is -0.638. The van der Waals surface area contributed by atoms with Gasteiger partial charge in [0.25, 0.3) is 5.91 Å². The first-order valence-electron chi connectivity index (χ1n) is 13.1. The van der Waals surface area contributed by atoms with E-state index in [1.54, 1.807) is 26.0 Å². The van der Waals surface area contributed by atoms with Gasteiger partial charge < -0.3 is 14.5 Å². The van der Waals surface area contributed by atoms with Gasteiger partial charge in [-0.2, -0.15) is 0 Å². The highest BCUT2D eigenvalue weighted by Gasteiger charge is 2.29. The Bertz CT molecular complexity index is 1060. The Morgan fingerprint density at radius 1 is 1.00 bits per heavy atom. The van der Waals surface area contributed by atoms with Crippen LogP contribution in [-0.4, -0.2) is 60.2 Å². The number of carbonyl (C=O) groups is 1. The molecule has 4 rings (SSSR count). The zero-order valence-corrected chi connectivity index (χ0v) is 21.5. The van der Waals surface area contributed by atoms with E-state index in [4.69, 9.17) is 4.74 Å². The molecule has 0 radical (unpaired) electrons. The fourth-order valence-electron chi connectivity index (χ4n) is 5.42. The molecule has 2 aromatic carbocycles. The molecule has 196 valence electrons. The van der Waals surface area contributed by atoms with Crippen LogP contribution in [0.1, 0.15) is 63.2 Å². The second-order valence-corrected chi connectivity index (χ2v) is 10.8. The van der Waals surface area contributed by atoms with Gasteiger partial charge in [0.15, 0.2) is 0 Å². The summed E-state index contributed by atoms with van der Waals surface area (Å²) in [6, 6.07) is 8.91. The van der Waals surface area contributed by atoms with E-state index in [2.05, 4.69) is 4.90 Å². The van der Waals surface area contributed by atoms with Crippen molar-refractivity contribution in [2.45, 2.75) is 64.6 Å². The second kappa shape index (κ2) is 11.2. The summed E-state index contributed by atoms with van der Waals surface area (Å²) in [6.45, 7) is 8.46. The van der Waals surface area contributed by atoms with Gasteiger partial charge in [0, 0.05) is 41.9 Å². The average Bonchev–Trinajstić information content (AvgIpc) is 3.31. The van der Waals surface area contributed by atoms with Crippen LogP contribution < -0.4 is 4.74 Å². The molecule has 1 unspecified atom stereocenters. The Labute approximate surface area is 212 Å². The van der Waals surface area contributed by atoms with E-state index in [0.29, 0.717) is 31.4 Å². The lowest BCUT2D eigenvalue weighted by Crippen LogP contribution is -2.41. The van der Waals surface area contributed by atoms with E-state index >= 15 is 0 Å². The summed E-state index contributed by atoms with van der Waals surface area (Å²) in [7, 11) is 0. The van der Waals surface area contributed by atoms with E-state index in [-0.39, 0.29) is 28.6 Å². The molecule has 7 heteroatoms. The Balaban J connectivity index is 1.36. The first-order chi connectivity index (χ1) is 17.1. The van der Waals surface area contributed by atoms with Crippen molar-refractivity contribution in [1.82, 2.24) is 9.80 Å². The number of benzene rings is 2. The Morgan fingerprint density at radius 2 is 1.67 bits per heavy atom. The molecular formula is C29H37F3N2O2. The largest absolute Gasteiger partial charge is 0.493 e. The van der Waals surface area contributed by atoms with E-state index in [9.17, 15) is 18.0 Å². The number of alkyl halides is 1. The lowest BCUT2D eigenvalue weighted by Gasteiger charge is -2.34. The molecule has 0 spiro atoms. The molecule has 36 heavy (non-hydrogen) atoms. The van der Waals surface area contributed by atoms with Crippen molar-refractivity contribution >= 4 is 5.91 Å². The van der Waals surface area contributed by atoms with E-state index in [1.807, 2.05) is 11.8 Å². The minimum absolute atomic E-state index is 0.118. The van der Waals surface area contributed by atoms with Crippen molar-refractivity contribution < 1.29 is 22.7 Å².